The normalized spacial score (nSPS) is 14.1. The molecule has 2 aromatic carbocycles. The maximum absolute atomic E-state index is 12.6. The van der Waals surface area contributed by atoms with Gasteiger partial charge in [-0.25, -0.2) is 0 Å². The van der Waals surface area contributed by atoms with E-state index in [1.54, 1.807) is 27.4 Å². The number of rotatable bonds is 7. The van der Waals surface area contributed by atoms with Crippen LogP contribution in [0.4, 0.5) is 0 Å². The van der Waals surface area contributed by atoms with Gasteiger partial charge in [-0.2, -0.15) is 0 Å². The van der Waals surface area contributed by atoms with Crippen LogP contribution in [-0.2, 0) is 20.3 Å². The topological polar surface area (TPSA) is 218 Å². The van der Waals surface area contributed by atoms with E-state index in [1.165, 1.54) is 20.1 Å². The number of aliphatic hydroxyl groups is 1. The van der Waals surface area contributed by atoms with Crippen LogP contribution in [0.15, 0.2) is 29.1 Å². The molecule has 0 saturated heterocycles. The van der Waals surface area contributed by atoms with Crippen molar-refractivity contribution in [1.82, 2.24) is 5.32 Å². The molecule has 226 valence electrons. The number of fused-ring (bicyclic) bond motifs is 3. The van der Waals surface area contributed by atoms with Crippen LogP contribution in [0.1, 0.15) is 37.4 Å². The standard InChI is InChI=1S/C22H25NO6.C2H8O7P2.2Na.2H/c1-12(24)23-16-8-6-13-10-19(27-3)21(28-4)22(29-5)20(13)14-7-9-18(26-2)17(25)11-15(14)16;1-2(3,10(4,5)6)11(7,8)9;;;;/h7,9-11,16H,6,8H2,1-5H3,(H,23,24);3H,1H3,(H2,4,5,6)(H2,7,8,9);;;;/t16-;;;;;/m0...../s1. The van der Waals surface area contributed by atoms with Gasteiger partial charge in [0.05, 0.1) is 34.5 Å². The zero-order chi connectivity index (χ0) is 30.6. The third kappa shape index (κ3) is 9.04. The van der Waals surface area contributed by atoms with Gasteiger partial charge in [0.25, 0.3) is 5.08 Å². The molecule has 0 aliphatic heterocycles. The average molecular weight is 653 g/mol. The summed E-state index contributed by atoms with van der Waals surface area (Å²) in [5, 5.41) is 8.33. The Morgan fingerprint density at radius 2 is 1.43 bits per heavy atom. The molecule has 3 rings (SSSR count). The van der Waals surface area contributed by atoms with E-state index in [0.717, 1.165) is 16.7 Å². The van der Waals surface area contributed by atoms with Gasteiger partial charge in [-0.3, -0.25) is 18.7 Å². The fourth-order valence-corrected chi connectivity index (χ4v) is 5.39. The first-order chi connectivity index (χ1) is 18.4. The summed E-state index contributed by atoms with van der Waals surface area (Å²) in [6.45, 7) is 1.85. The van der Waals surface area contributed by atoms with E-state index >= 15 is 0 Å². The molecular formula is C24H35NNa2O13P2. The van der Waals surface area contributed by atoms with Crippen molar-refractivity contribution in [1.29, 1.82) is 0 Å². The number of carbonyl (C=O) groups excluding carboxylic acids is 1. The third-order valence-corrected chi connectivity index (χ3v) is 9.97. The molecule has 0 radical (unpaired) electrons. The van der Waals surface area contributed by atoms with E-state index in [9.17, 15) is 18.7 Å². The zero-order valence-corrected chi connectivity index (χ0v) is 24.5. The van der Waals surface area contributed by atoms with Gasteiger partial charge in [-0.05, 0) is 54.7 Å². The molecule has 0 heterocycles. The summed E-state index contributed by atoms with van der Waals surface area (Å²) in [5.41, 5.74) is 3.01. The molecule has 0 aromatic heterocycles. The Labute approximate surface area is 287 Å². The number of hydrogen-bond donors (Lipinski definition) is 6. The predicted molar refractivity (Wildman–Crippen MR) is 158 cm³/mol. The van der Waals surface area contributed by atoms with Crippen molar-refractivity contribution < 1.29 is 57.6 Å². The Bertz CT molecular complexity index is 1400. The minimum absolute atomic E-state index is 0. The first-order valence-corrected chi connectivity index (χ1v) is 14.8. The van der Waals surface area contributed by atoms with Gasteiger partial charge in [0.1, 0.15) is 0 Å². The first kappa shape index (κ1) is 41.0. The van der Waals surface area contributed by atoms with Crippen molar-refractivity contribution in [2.45, 2.75) is 37.8 Å². The van der Waals surface area contributed by atoms with Gasteiger partial charge >= 0.3 is 74.3 Å². The predicted octanol–water partition coefficient (Wildman–Crippen LogP) is 0.582. The molecule has 18 heteroatoms. The Hall–Kier alpha value is -0.960. The van der Waals surface area contributed by atoms with E-state index in [4.69, 9.17) is 43.6 Å². The van der Waals surface area contributed by atoms with Crippen molar-refractivity contribution >= 4 is 80.2 Å². The summed E-state index contributed by atoms with van der Waals surface area (Å²) in [7, 11) is -4.25. The van der Waals surface area contributed by atoms with E-state index in [-0.39, 0.29) is 82.2 Å². The van der Waals surface area contributed by atoms with Crippen LogP contribution in [-0.4, -0.2) is 123 Å². The molecular weight excluding hydrogens is 618 g/mol. The fourth-order valence-electron chi connectivity index (χ4n) is 4.03. The van der Waals surface area contributed by atoms with Crippen LogP contribution in [0.3, 0.4) is 0 Å². The summed E-state index contributed by atoms with van der Waals surface area (Å²) >= 11 is 0. The number of benzene rings is 1. The Morgan fingerprint density at radius 3 is 1.83 bits per heavy atom. The van der Waals surface area contributed by atoms with Gasteiger partial charge < -0.3 is 48.9 Å². The van der Waals surface area contributed by atoms with Crippen LogP contribution in [0.25, 0.3) is 11.1 Å². The summed E-state index contributed by atoms with van der Waals surface area (Å²) < 4.78 is 42.5. The van der Waals surface area contributed by atoms with Gasteiger partial charge in [-0.1, -0.05) is 6.07 Å². The van der Waals surface area contributed by atoms with Crippen molar-refractivity contribution in [2.24, 2.45) is 0 Å². The maximum atomic E-state index is 12.6. The minimum atomic E-state index is -5.20. The van der Waals surface area contributed by atoms with Gasteiger partial charge in [-0.15, -0.1) is 0 Å². The number of nitrogens with one attached hydrogen (secondary N) is 1. The van der Waals surface area contributed by atoms with Crippen LogP contribution in [0.5, 0.6) is 23.0 Å². The number of aryl methyl sites for hydroxylation is 1. The monoisotopic (exact) mass is 653 g/mol. The van der Waals surface area contributed by atoms with Crippen LogP contribution in [0, 0.1) is 0 Å². The quantitative estimate of drug-likeness (QED) is 0.178. The molecule has 1 aliphatic carbocycles. The van der Waals surface area contributed by atoms with Crippen LogP contribution >= 0.6 is 15.2 Å². The molecule has 14 nitrogen and oxygen atoms in total. The summed E-state index contributed by atoms with van der Waals surface area (Å²) in [5.74, 6) is 1.60. The van der Waals surface area contributed by atoms with E-state index in [0.29, 0.717) is 42.6 Å². The second-order valence-corrected chi connectivity index (χ2v) is 13.1. The first-order valence-electron chi connectivity index (χ1n) is 11.6. The number of carbonyl (C=O) groups is 1. The summed E-state index contributed by atoms with van der Waals surface area (Å²) in [6, 6.07) is 6.57. The van der Waals surface area contributed by atoms with E-state index < -0.39 is 20.3 Å². The fraction of sp³-hybridized carbons (Fsp3) is 0.417. The molecule has 0 spiro atoms. The number of hydrogen-bond acceptors (Lipinski definition) is 9. The zero-order valence-electron chi connectivity index (χ0n) is 22.7. The second kappa shape index (κ2) is 16.4. The van der Waals surface area contributed by atoms with Crippen LogP contribution < -0.4 is 29.7 Å². The molecule has 0 bridgehead atoms. The molecule has 0 unspecified atom stereocenters. The van der Waals surface area contributed by atoms with Crippen molar-refractivity contribution in [3.63, 3.8) is 0 Å². The van der Waals surface area contributed by atoms with Crippen LogP contribution in [0.2, 0.25) is 0 Å². The third-order valence-electron chi connectivity index (χ3n) is 6.20. The van der Waals surface area contributed by atoms with Crippen molar-refractivity contribution in [3.8, 4) is 34.1 Å². The van der Waals surface area contributed by atoms with Gasteiger partial charge in [0, 0.05) is 12.5 Å². The molecule has 0 saturated carbocycles. The summed E-state index contributed by atoms with van der Waals surface area (Å²) in [4.78, 5) is 57.5. The molecule has 1 atom stereocenters. The average Bonchev–Trinajstić information content (AvgIpc) is 3.10. The molecule has 2 aromatic rings. The van der Waals surface area contributed by atoms with E-state index in [1.807, 2.05) is 12.1 Å². The molecule has 1 amide bonds. The number of methoxy groups -OCH3 is 4. The number of ether oxygens (including phenoxy) is 4. The summed E-state index contributed by atoms with van der Waals surface area (Å²) in [6.07, 6.45) is 1.27. The molecule has 6 N–H and O–H groups in total. The Morgan fingerprint density at radius 1 is 0.905 bits per heavy atom. The Balaban J connectivity index is 0.00000111. The number of amides is 1. The van der Waals surface area contributed by atoms with Crippen molar-refractivity contribution in [3.05, 3.63) is 45.6 Å². The van der Waals surface area contributed by atoms with Gasteiger partial charge in [0.2, 0.25) is 17.1 Å². The SMILES string of the molecule is CC(O)(P(=O)(O)O)P(=O)(O)O.COc1cc2c(c(OC)c1OC)-c1ccc(OC)c(=O)cc1[C@@H](NC(C)=O)CC2.[NaH].[NaH]. The Kier molecular flexibility index (Phi) is 16.0. The molecule has 1 aliphatic rings. The molecule has 0 fully saturated rings. The van der Waals surface area contributed by atoms with E-state index in [2.05, 4.69) is 5.32 Å². The van der Waals surface area contributed by atoms with Gasteiger partial charge in [0.15, 0.2) is 17.2 Å². The second-order valence-electron chi connectivity index (χ2n) is 8.81. The van der Waals surface area contributed by atoms with Crippen molar-refractivity contribution in [2.75, 3.05) is 28.4 Å². The molecule has 42 heavy (non-hydrogen) atoms.